The first kappa shape index (κ1) is 9.82. The summed E-state index contributed by atoms with van der Waals surface area (Å²) >= 11 is 4.11. The molecule has 0 N–H and O–H groups in total. The monoisotopic (exact) mass is 191 g/mol. The molecule has 1 aromatic rings. The van der Waals surface area contributed by atoms with Crippen molar-refractivity contribution >= 4 is 18.9 Å². The number of nitriles is 1. The number of nitrogens with zero attached hydrogens (tertiary/aromatic N) is 1. The van der Waals surface area contributed by atoms with Crippen molar-refractivity contribution in [3.05, 3.63) is 29.3 Å². The van der Waals surface area contributed by atoms with Crippen molar-refractivity contribution in [2.75, 3.05) is 0 Å². The molecule has 3 heteroatoms. The molecule has 2 nitrogen and oxygen atoms in total. The van der Waals surface area contributed by atoms with Crippen molar-refractivity contribution in [2.45, 2.75) is 17.7 Å². The minimum atomic E-state index is -0.233. The molecular formula is C10H9NOS. The third kappa shape index (κ3) is 2.10. The van der Waals surface area contributed by atoms with Gasteiger partial charge in [0.2, 0.25) is 0 Å². The van der Waals surface area contributed by atoms with Crippen molar-refractivity contribution in [1.82, 2.24) is 0 Å². The summed E-state index contributed by atoms with van der Waals surface area (Å²) in [6.45, 7) is 1.77. The van der Waals surface area contributed by atoms with Crippen molar-refractivity contribution in [2.24, 2.45) is 0 Å². The van der Waals surface area contributed by atoms with Crippen molar-refractivity contribution in [3.63, 3.8) is 0 Å². The van der Waals surface area contributed by atoms with E-state index in [1.54, 1.807) is 25.1 Å². The third-order valence-corrected chi connectivity index (χ3v) is 2.13. The van der Waals surface area contributed by atoms with E-state index in [-0.39, 0.29) is 5.92 Å². The molecule has 1 aromatic carbocycles. The van der Waals surface area contributed by atoms with E-state index in [1.807, 2.05) is 6.07 Å². The molecule has 13 heavy (non-hydrogen) atoms. The van der Waals surface area contributed by atoms with Crippen LogP contribution in [0.1, 0.15) is 24.0 Å². The van der Waals surface area contributed by atoms with Crippen molar-refractivity contribution in [3.8, 4) is 6.07 Å². The summed E-state index contributed by atoms with van der Waals surface area (Å²) in [6.07, 6.45) is 0.828. The Morgan fingerprint density at radius 3 is 2.85 bits per heavy atom. The zero-order chi connectivity index (χ0) is 9.84. The number of rotatable bonds is 2. The van der Waals surface area contributed by atoms with Gasteiger partial charge in [-0.2, -0.15) is 5.26 Å². The summed E-state index contributed by atoms with van der Waals surface area (Å²) in [7, 11) is 0. The zero-order valence-electron chi connectivity index (χ0n) is 7.19. The lowest BCUT2D eigenvalue weighted by molar-refractivity contribution is -0.108. The summed E-state index contributed by atoms with van der Waals surface area (Å²) in [5, 5.41) is 8.79. The number of hydrogen-bond acceptors (Lipinski definition) is 3. The lowest BCUT2D eigenvalue weighted by atomic mass is 9.98. The van der Waals surface area contributed by atoms with E-state index < -0.39 is 0 Å². The minimum absolute atomic E-state index is 0.233. The topological polar surface area (TPSA) is 40.9 Å². The standard InChI is InChI=1S/C10H9NOS/c1-7(6-12)10-3-2-9(13)4-8(10)5-11/h2-4,6-7,13H,1H3. The molecule has 1 atom stereocenters. The molecule has 0 spiro atoms. The highest BCUT2D eigenvalue weighted by atomic mass is 32.1. The number of carbonyl (C=O) groups excluding carboxylic acids is 1. The average molecular weight is 191 g/mol. The highest BCUT2D eigenvalue weighted by Gasteiger charge is 2.09. The van der Waals surface area contributed by atoms with Gasteiger partial charge in [-0.1, -0.05) is 13.0 Å². The fourth-order valence-corrected chi connectivity index (χ4v) is 1.32. The summed E-state index contributed by atoms with van der Waals surface area (Å²) in [5.74, 6) is -0.233. The number of thiol groups is 1. The Morgan fingerprint density at radius 1 is 1.62 bits per heavy atom. The van der Waals surface area contributed by atoms with Gasteiger partial charge >= 0.3 is 0 Å². The average Bonchev–Trinajstić information content (AvgIpc) is 2.16. The van der Waals surface area contributed by atoms with Crippen LogP contribution in [0.25, 0.3) is 0 Å². The van der Waals surface area contributed by atoms with Gasteiger partial charge in [0.05, 0.1) is 11.6 Å². The van der Waals surface area contributed by atoms with Crippen LogP contribution in [0.3, 0.4) is 0 Å². The highest BCUT2D eigenvalue weighted by Crippen LogP contribution is 2.20. The van der Waals surface area contributed by atoms with Crippen molar-refractivity contribution < 1.29 is 4.79 Å². The van der Waals surface area contributed by atoms with E-state index in [9.17, 15) is 4.79 Å². The highest BCUT2D eigenvalue weighted by molar-refractivity contribution is 7.80. The molecule has 0 aliphatic carbocycles. The van der Waals surface area contributed by atoms with Gasteiger partial charge in [0.25, 0.3) is 0 Å². The van der Waals surface area contributed by atoms with E-state index in [4.69, 9.17) is 5.26 Å². The number of hydrogen-bond donors (Lipinski definition) is 1. The predicted molar refractivity (Wildman–Crippen MR) is 52.9 cm³/mol. The summed E-state index contributed by atoms with van der Waals surface area (Å²) in [4.78, 5) is 11.3. The molecule has 0 aliphatic rings. The smallest absolute Gasteiger partial charge is 0.127 e. The van der Waals surface area contributed by atoms with Gasteiger partial charge in [0.15, 0.2) is 0 Å². The summed E-state index contributed by atoms with van der Waals surface area (Å²) < 4.78 is 0. The maximum Gasteiger partial charge on any atom is 0.127 e. The number of benzene rings is 1. The van der Waals surface area contributed by atoms with Gasteiger partial charge in [0, 0.05) is 10.8 Å². The lowest BCUT2D eigenvalue weighted by Gasteiger charge is -2.06. The first-order valence-electron chi connectivity index (χ1n) is 3.87. The largest absolute Gasteiger partial charge is 0.303 e. The quantitative estimate of drug-likeness (QED) is 0.574. The van der Waals surface area contributed by atoms with Crippen LogP contribution in [0.2, 0.25) is 0 Å². The van der Waals surface area contributed by atoms with Crippen LogP contribution in [0.5, 0.6) is 0 Å². The van der Waals surface area contributed by atoms with Crippen molar-refractivity contribution in [1.29, 1.82) is 5.26 Å². The molecule has 0 bridgehead atoms. The van der Waals surface area contributed by atoms with E-state index in [0.717, 1.165) is 16.7 Å². The number of aldehydes is 1. The van der Waals surface area contributed by atoms with E-state index >= 15 is 0 Å². The van der Waals surface area contributed by atoms with Gasteiger partial charge in [-0.15, -0.1) is 12.6 Å². The van der Waals surface area contributed by atoms with Crippen LogP contribution >= 0.6 is 12.6 Å². The Hall–Kier alpha value is -1.27. The van der Waals surface area contributed by atoms with Crippen LogP contribution in [-0.4, -0.2) is 6.29 Å². The SMILES string of the molecule is CC(C=O)c1ccc(S)cc1C#N. The maximum atomic E-state index is 10.5. The molecule has 0 radical (unpaired) electrons. The molecule has 0 saturated heterocycles. The van der Waals surface area contributed by atoms with Gasteiger partial charge in [0.1, 0.15) is 6.29 Å². The zero-order valence-corrected chi connectivity index (χ0v) is 8.08. The first-order chi connectivity index (χ1) is 6.19. The van der Waals surface area contributed by atoms with Gasteiger partial charge in [-0.3, -0.25) is 0 Å². The molecule has 0 heterocycles. The Morgan fingerprint density at radius 2 is 2.31 bits per heavy atom. The molecule has 0 amide bonds. The normalized spacial score (nSPS) is 11.8. The second kappa shape index (κ2) is 4.11. The summed E-state index contributed by atoms with van der Waals surface area (Å²) in [6, 6.07) is 7.25. The second-order valence-corrected chi connectivity index (χ2v) is 3.32. The lowest BCUT2D eigenvalue weighted by Crippen LogP contribution is -1.97. The van der Waals surface area contributed by atoms with E-state index in [1.165, 1.54) is 0 Å². The maximum absolute atomic E-state index is 10.5. The molecule has 0 fully saturated rings. The van der Waals surface area contributed by atoms with Gasteiger partial charge < -0.3 is 4.79 Å². The fraction of sp³-hybridized carbons (Fsp3) is 0.200. The molecular weight excluding hydrogens is 182 g/mol. The molecule has 66 valence electrons. The Balaban J connectivity index is 3.22. The molecule has 1 rings (SSSR count). The van der Waals surface area contributed by atoms with Crippen LogP contribution in [0.15, 0.2) is 23.1 Å². The first-order valence-corrected chi connectivity index (χ1v) is 4.32. The molecule has 1 unspecified atom stereocenters. The third-order valence-electron chi connectivity index (χ3n) is 1.85. The van der Waals surface area contributed by atoms with Crippen LogP contribution in [-0.2, 0) is 4.79 Å². The molecule has 0 saturated carbocycles. The van der Waals surface area contributed by atoms with Crippen LogP contribution in [0, 0.1) is 11.3 Å². The van der Waals surface area contributed by atoms with Crippen LogP contribution < -0.4 is 0 Å². The Labute approximate surface area is 82.6 Å². The van der Waals surface area contributed by atoms with Gasteiger partial charge in [-0.05, 0) is 17.7 Å². The van der Waals surface area contributed by atoms with E-state index in [0.29, 0.717) is 5.56 Å². The Bertz CT molecular complexity index is 368. The second-order valence-electron chi connectivity index (χ2n) is 2.81. The molecule has 0 aliphatic heterocycles. The number of carbonyl (C=O) groups is 1. The van der Waals surface area contributed by atoms with Crippen LogP contribution in [0.4, 0.5) is 0 Å². The predicted octanol–water partition coefficient (Wildman–Crippen LogP) is 2.15. The molecule has 0 aromatic heterocycles. The van der Waals surface area contributed by atoms with Gasteiger partial charge in [-0.25, -0.2) is 0 Å². The van der Waals surface area contributed by atoms with E-state index in [2.05, 4.69) is 12.6 Å². The summed E-state index contributed by atoms with van der Waals surface area (Å²) in [5.41, 5.74) is 1.28. The Kier molecular flexibility index (Phi) is 3.10. The minimum Gasteiger partial charge on any atom is -0.303 e. The fourth-order valence-electron chi connectivity index (χ4n) is 1.11.